The van der Waals surface area contributed by atoms with E-state index in [-0.39, 0.29) is 11.8 Å². The van der Waals surface area contributed by atoms with Crippen LogP contribution in [0.1, 0.15) is 24.0 Å². The normalized spacial score (nSPS) is 18.1. The molecule has 3 nitrogen and oxygen atoms in total. The summed E-state index contributed by atoms with van der Waals surface area (Å²) < 4.78 is 0. The maximum atomic E-state index is 12.5. The van der Waals surface area contributed by atoms with Crippen LogP contribution >= 0.6 is 23.2 Å². The number of likely N-dealkylation sites (tertiary alicyclic amines) is 1. The van der Waals surface area contributed by atoms with E-state index in [1.807, 2.05) is 48.5 Å². The summed E-state index contributed by atoms with van der Waals surface area (Å²) in [5.41, 5.74) is 2.17. The van der Waals surface area contributed by atoms with E-state index in [4.69, 9.17) is 23.2 Å². The molecule has 0 saturated carbocycles. The number of nitrogens with one attached hydrogen (secondary N) is 1. The highest BCUT2D eigenvalue weighted by Gasteiger charge is 2.25. The van der Waals surface area contributed by atoms with E-state index in [0.717, 1.165) is 48.6 Å². The van der Waals surface area contributed by atoms with Gasteiger partial charge in [0, 0.05) is 29.7 Å². The van der Waals surface area contributed by atoms with Crippen molar-refractivity contribution in [2.24, 2.45) is 5.92 Å². The highest BCUT2D eigenvalue weighted by atomic mass is 35.5. The monoisotopic (exact) mass is 376 g/mol. The number of hydrogen-bond acceptors (Lipinski definition) is 2. The van der Waals surface area contributed by atoms with Crippen molar-refractivity contribution in [2.45, 2.75) is 25.9 Å². The largest absolute Gasteiger partial charge is 0.352 e. The minimum Gasteiger partial charge on any atom is -0.352 e. The van der Waals surface area contributed by atoms with E-state index in [1.165, 1.54) is 0 Å². The standard InChI is InChI=1S/C20H22Cl2N2O/c21-18-9-7-15(8-10-18)12-23-20(25)17-5-3-11-24(14-17)13-16-4-1-2-6-19(16)22/h1-2,4,6-10,17H,3,5,11-14H2,(H,23,25). The summed E-state index contributed by atoms with van der Waals surface area (Å²) in [4.78, 5) is 14.8. The van der Waals surface area contributed by atoms with E-state index in [1.54, 1.807) is 0 Å². The number of benzene rings is 2. The minimum absolute atomic E-state index is 0.0311. The summed E-state index contributed by atoms with van der Waals surface area (Å²) in [5, 5.41) is 4.54. The van der Waals surface area contributed by atoms with Crippen molar-refractivity contribution in [3.63, 3.8) is 0 Å². The first-order valence-electron chi connectivity index (χ1n) is 8.60. The maximum absolute atomic E-state index is 12.5. The molecule has 0 spiro atoms. The van der Waals surface area contributed by atoms with Gasteiger partial charge >= 0.3 is 0 Å². The summed E-state index contributed by atoms with van der Waals surface area (Å²) in [6, 6.07) is 15.5. The molecule has 1 atom stereocenters. The van der Waals surface area contributed by atoms with Crippen molar-refractivity contribution < 1.29 is 4.79 Å². The summed E-state index contributed by atoms with van der Waals surface area (Å²) in [6.45, 7) is 3.11. The highest BCUT2D eigenvalue weighted by molar-refractivity contribution is 6.31. The fraction of sp³-hybridized carbons (Fsp3) is 0.350. The average Bonchev–Trinajstić information content (AvgIpc) is 2.63. The van der Waals surface area contributed by atoms with Gasteiger partial charge in [0.25, 0.3) is 0 Å². The Bertz CT molecular complexity index is 718. The lowest BCUT2D eigenvalue weighted by Gasteiger charge is -2.32. The Morgan fingerprint density at radius 1 is 1.12 bits per heavy atom. The first kappa shape index (κ1) is 18.2. The van der Waals surface area contributed by atoms with Crippen LogP contribution in [-0.4, -0.2) is 23.9 Å². The predicted octanol–water partition coefficient (Wildman–Crippen LogP) is 4.52. The molecule has 5 heteroatoms. The topological polar surface area (TPSA) is 32.3 Å². The third-order valence-corrected chi connectivity index (χ3v) is 5.23. The molecule has 2 aromatic carbocycles. The molecule has 1 aliphatic heterocycles. The van der Waals surface area contributed by atoms with Crippen LogP contribution < -0.4 is 5.32 Å². The number of amides is 1. The summed E-state index contributed by atoms with van der Waals surface area (Å²) >= 11 is 12.1. The number of hydrogen-bond donors (Lipinski definition) is 1. The van der Waals surface area contributed by atoms with Crippen molar-refractivity contribution in [2.75, 3.05) is 13.1 Å². The molecule has 0 aliphatic carbocycles. The summed E-state index contributed by atoms with van der Waals surface area (Å²) in [7, 11) is 0. The number of rotatable bonds is 5. The second-order valence-electron chi connectivity index (χ2n) is 6.51. The second-order valence-corrected chi connectivity index (χ2v) is 7.35. The molecular weight excluding hydrogens is 355 g/mol. The van der Waals surface area contributed by atoms with Gasteiger partial charge in [-0.05, 0) is 48.7 Å². The van der Waals surface area contributed by atoms with Crippen molar-refractivity contribution in [3.05, 3.63) is 69.7 Å². The van der Waals surface area contributed by atoms with Gasteiger partial charge in [0.05, 0.1) is 5.92 Å². The molecule has 1 saturated heterocycles. The zero-order valence-corrected chi connectivity index (χ0v) is 15.6. The number of carbonyl (C=O) groups excluding carboxylic acids is 1. The average molecular weight is 377 g/mol. The Hall–Kier alpha value is -1.55. The number of piperidine rings is 1. The lowest BCUT2D eigenvalue weighted by Crippen LogP contribution is -2.42. The van der Waals surface area contributed by atoms with Gasteiger partial charge in [-0.25, -0.2) is 0 Å². The molecule has 1 aliphatic rings. The molecule has 1 unspecified atom stereocenters. The number of carbonyl (C=O) groups is 1. The maximum Gasteiger partial charge on any atom is 0.224 e. The summed E-state index contributed by atoms with van der Waals surface area (Å²) in [6.07, 6.45) is 1.97. The van der Waals surface area contributed by atoms with E-state index >= 15 is 0 Å². The van der Waals surface area contributed by atoms with Gasteiger partial charge in [0.1, 0.15) is 0 Å². The third-order valence-electron chi connectivity index (χ3n) is 4.61. The van der Waals surface area contributed by atoms with Crippen LogP contribution in [-0.2, 0) is 17.9 Å². The van der Waals surface area contributed by atoms with E-state index in [0.29, 0.717) is 11.6 Å². The second kappa shape index (κ2) is 8.70. The molecule has 0 radical (unpaired) electrons. The first-order valence-corrected chi connectivity index (χ1v) is 9.35. The Morgan fingerprint density at radius 2 is 1.88 bits per heavy atom. The van der Waals surface area contributed by atoms with Crippen molar-refractivity contribution >= 4 is 29.1 Å². The molecule has 0 bridgehead atoms. The lowest BCUT2D eigenvalue weighted by molar-refractivity contribution is -0.126. The van der Waals surface area contributed by atoms with Crippen molar-refractivity contribution in [1.82, 2.24) is 10.2 Å². The fourth-order valence-corrected chi connectivity index (χ4v) is 3.54. The van der Waals surface area contributed by atoms with Crippen LogP contribution in [0.2, 0.25) is 10.0 Å². The molecule has 1 fully saturated rings. The Balaban J connectivity index is 1.52. The minimum atomic E-state index is 0.0311. The Labute approximate surface area is 158 Å². The molecule has 1 amide bonds. The third kappa shape index (κ3) is 5.21. The van der Waals surface area contributed by atoms with Crippen LogP contribution in [0.15, 0.2) is 48.5 Å². The fourth-order valence-electron chi connectivity index (χ4n) is 3.22. The van der Waals surface area contributed by atoms with Crippen molar-refractivity contribution in [3.8, 4) is 0 Å². The molecule has 132 valence electrons. The van der Waals surface area contributed by atoms with Gasteiger partial charge in [-0.1, -0.05) is 53.5 Å². The van der Waals surface area contributed by atoms with Gasteiger partial charge in [0.15, 0.2) is 0 Å². The SMILES string of the molecule is O=C(NCc1ccc(Cl)cc1)C1CCCN(Cc2ccccc2Cl)C1. The van der Waals surface area contributed by atoms with Crippen molar-refractivity contribution in [1.29, 1.82) is 0 Å². The van der Waals surface area contributed by atoms with Gasteiger partial charge < -0.3 is 5.32 Å². The Morgan fingerprint density at radius 3 is 2.64 bits per heavy atom. The summed E-state index contributed by atoms with van der Waals surface area (Å²) in [5.74, 6) is 0.155. The van der Waals surface area contributed by atoms with Crippen LogP contribution in [0.4, 0.5) is 0 Å². The zero-order valence-electron chi connectivity index (χ0n) is 14.1. The van der Waals surface area contributed by atoms with Gasteiger partial charge in [-0.3, -0.25) is 9.69 Å². The van der Waals surface area contributed by atoms with Gasteiger partial charge in [0.2, 0.25) is 5.91 Å². The van der Waals surface area contributed by atoms with Crippen LogP contribution in [0.25, 0.3) is 0 Å². The van der Waals surface area contributed by atoms with E-state index < -0.39 is 0 Å². The molecule has 1 N–H and O–H groups in total. The molecule has 1 heterocycles. The van der Waals surface area contributed by atoms with E-state index in [9.17, 15) is 4.79 Å². The molecular formula is C20H22Cl2N2O. The van der Waals surface area contributed by atoms with Gasteiger partial charge in [-0.15, -0.1) is 0 Å². The van der Waals surface area contributed by atoms with Crippen LogP contribution in [0.3, 0.4) is 0 Å². The molecule has 25 heavy (non-hydrogen) atoms. The smallest absolute Gasteiger partial charge is 0.224 e. The predicted molar refractivity (Wildman–Crippen MR) is 103 cm³/mol. The Kier molecular flexibility index (Phi) is 6.35. The van der Waals surface area contributed by atoms with Gasteiger partial charge in [-0.2, -0.15) is 0 Å². The lowest BCUT2D eigenvalue weighted by atomic mass is 9.96. The molecule has 0 aromatic heterocycles. The van der Waals surface area contributed by atoms with Crippen LogP contribution in [0.5, 0.6) is 0 Å². The quantitative estimate of drug-likeness (QED) is 0.831. The number of halogens is 2. The molecule has 3 rings (SSSR count). The molecule has 2 aromatic rings. The first-order chi connectivity index (χ1) is 12.1. The van der Waals surface area contributed by atoms with E-state index in [2.05, 4.69) is 10.2 Å². The number of nitrogens with zero attached hydrogens (tertiary/aromatic N) is 1. The van der Waals surface area contributed by atoms with Crippen LogP contribution in [0, 0.1) is 5.92 Å². The zero-order chi connectivity index (χ0) is 17.6. The highest BCUT2D eigenvalue weighted by Crippen LogP contribution is 2.22.